The average molecular weight is 317 g/mol. The second-order valence-corrected chi connectivity index (χ2v) is 4.35. The van der Waals surface area contributed by atoms with Crippen LogP contribution in [0.4, 0.5) is 0 Å². The number of carbonyl (C=O) groups excluding carboxylic acids is 3. The Balaban J connectivity index is 0. The molecule has 128 valence electrons. The van der Waals surface area contributed by atoms with Crippen molar-refractivity contribution in [3.05, 3.63) is 12.2 Å². The lowest BCUT2D eigenvalue weighted by Crippen LogP contribution is -2.28. The number of nitrogens with two attached hydrogens (primary N) is 1. The smallest absolute Gasteiger partial charge is 0.244 e. The van der Waals surface area contributed by atoms with E-state index < -0.39 is 6.10 Å². The molecule has 0 spiro atoms. The molecule has 0 rings (SSSR count). The fourth-order valence-electron chi connectivity index (χ4n) is 1.33. The van der Waals surface area contributed by atoms with Gasteiger partial charge in [-0.25, -0.2) is 5.90 Å². The van der Waals surface area contributed by atoms with E-state index in [9.17, 15) is 14.4 Å². The van der Waals surface area contributed by atoms with E-state index in [2.05, 4.69) is 21.4 Å². The molecular formula is C14H27N3O5. The topological polar surface area (TPSA) is 131 Å². The zero-order valence-corrected chi connectivity index (χ0v) is 13.0. The molecular weight excluding hydrogens is 290 g/mol. The maximum atomic E-state index is 10.9. The first-order chi connectivity index (χ1) is 10.6. The van der Waals surface area contributed by atoms with Crippen LogP contribution in [0.25, 0.3) is 0 Å². The molecule has 1 atom stereocenters. The number of rotatable bonds is 12. The van der Waals surface area contributed by atoms with Gasteiger partial charge in [0, 0.05) is 25.6 Å². The van der Waals surface area contributed by atoms with E-state index in [-0.39, 0.29) is 12.5 Å². The molecule has 0 aromatic rings. The minimum absolute atomic E-state index is 0.181. The summed E-state index contributed by atoms with van der Waals surface area (Å²) >= 11 is 0. The molecule has 0 bridgehead atoms. The monoisotopic (exact) mass is 317 g/mol. The first-order valence-electron chi connectivity index (χ1n) is 7.10. The van der Waals surface area contributed by atoms with Gasteiger partial charge in [-0.1, -0.05) is 6.42 Å². The molecule has 0 fully saturated rings. The van der Waals surface area contributed by atoms with Crippen molar-refractivity contribution in [1.82, 2.24) is 10.6 Å². The predicted molar refractivity (Wildman–Crippen MR) is 82.8 cm³/mol. The molecule has 8 nitrogen and oxygen atoms in total. The van der Waals surface area contributed by atoms with Crippen molar-refractivity contribution in [3.8, 4) is 0 Å². The highest BCUT2D eigenvalue weighted by Gasteiger charge is 1.98. The molecule has 0 aromatic carbocycles. The number of allylic oxidation sites excluding steroid dienone is 1. The van der Waals surface area contributed by atoms with Crippen LogP contribution in [0.5, 0.6) is 0 Å². The van der Waals surface area contributed by atoms with Crippen molar-refractivity contribution in [1.29, 1.82) is 0 Å². The molecule has 0 aliphatic carbocycles. The summed E-state index contributed by atoms with van der Waals surface area (Å²) in [4.78, 5) is 34.9. The quantitative estimate of drug-likeness (QED) is 0.158. The van der Waals surface area contributed by atoms with E-state index in [1.807, 2.05) is 0 Å². The minimum Gasteiger partial charge on any atom is -0.389 e. The van der Waals surface area contributed by atoms with Crippen LogP contribution in [0.2, 0.25) is 0 Å². The lowest BCUT2D eigenvalue weighted by atomic mass is 10.2. The number of unbranched alkanes of at least 4 members (excludes halogenated alkanes) is 3. The van der Waals surface area contributed by atoms with Crippen LogP contribution in [0.3, 0.4) is 0 Å². The molecule has 0 aromatic heterocycles. The molecule has 0 aliphatic heterocycles. The number of aliphatic hydroxyl groups is 1. The van der Waals surface area contributed by atoms with E-state index >= 15 is 0 Å². The first kappa shape index (κ1) is 22.7. The number of amides is 1. The third-order valence-electron chi connectivity index (χ3n) is 2.35. The van der Waals surface area contributed by atoms with Crippen molar-refractivity contribution in [2.24, 2.45) is 5.90 Å². The fourth-order valence-corrected chi connectivity index (χ4v) is 1.33. The number of carbonyl (C=O) groups is 3. The van der Waals surface area contributed by atoms with E-state index in [1.54, 1.807) is 7.05 Å². The number of aldehydes is 2. The molecule has 0 aliphatic rings. The highest BCUT2D eigenvalue weighted by atomic mass is 16.6. The van der Waals surface area contributed by atoms with Gasteiger partial charge in [0.05, 0.1) is 12.7 Å². The standard InChI is InChI=1S/C10H15NO3.C4H12N2O2/c12-8-4-2-1-3-7-11-10(14)6-5-9-13;1-6-2-4(7)3-8-5/h5-6,8-9H,1-4,7H2,(H,11,14);4,6-7H,2-3,5H2,1H3/b6-5-;. The molecule has 22 heavy (non-hydrogen) atoms. The molecule has 0 radical (unpaired) electrons. The Morgan fingerprint density at radius 1 is 1.32 bits per heavy atom. The molecule has 0 saturated carbocycles. The van der Waals surface area contributed by atoms with Crippen LogP contribution in [0, 0.1) is 0 Å². The van der Waals surface area contributed by atoms with Crippen LogP contribution in [0.15, 0.2) is 12.2 Å². The number of likely N-dealkylation sites (N-methyl/N-ethyl adjacent to an activating group) is 1. The largest absolute Gasteiger partial charge is 0.389 e. The molecule has 1 unspecified atom stereocenters. The summed E-state index contributed by atoms with van der Waals surface area (Å²) in [6.07, 6.45) is 6.54. The van der Waals surface area contributed by atoms with Gasteiger partial charge in [-0.3, -0.25) is 9.59 Å². The molecule has 0 heterocycles. The van der Waals surface area contributed by atoms with Gasteiger partial charge < -0.3 is 25.4 Å². The van der Waals surface area contributed by atoms with Gasteiger partial charge in [0.1, 0.15) is 12.6 Å². The van der Waals surface area contributed by atoms with Crippen LogP contribution < -0.4 is 16.5 Å². The Bertz CT molecular complexity index is 305. The van der Waals surface area contributed by atoms with Crippen LogP contribution in [-0.4, -0.2) is 56.4 Å². The Kier molecular flexibility index (Phi) is 20.0. The number of hydrogen-bond donors (Lipinski definition) is 4. The summed E-state index contributed by atoms with van der Waals surface area (Å²) in [5.41, 5.74) is 0. The third-order valence-corrected chi connectivity index (χ3v) is 2.35. The summed E-state index contributed by atoms with van der Waals surface area (Å²) in [6, 6.07) is 0. The molecule has 0 saturated heterocycles. The van der Waals surface area contributed by atoms with Crippen molar-refractivity contribution in [2.75, 3.05) is 26.7 Å². The van der Waals surface area contributed by atoms with Gasteiger partial charge in [-0.05, 0) is 26.0 Å². The maximum Gasteiger partial charge on any atom is 0.244 e. The van der Waals surface area contributed by atoms with Gasteiger partial charge in [0.15, 0.2) is 0 Å². The van der Waals surface area contributed by atoms with Gasteiger partial charge >= 0.3 is 0 Å². The second kappa shape index (κ2) is 19.4. The van der Waals surface area contributed by atoms with Gasteiger partial charge in [-0.2, -0.15) is 0 Å². The Hall–Kier alpha value is -1.61. The zero-order chi connectivity index (χ0) is 17.1. The number of nitrogens with one attached hydrogen (secondary N) is 2. The van der Waals surface area contributed by atoms with E-state index in [4.69, 9.17) is 5.11 Å². The van der Waals surface area contributed by atoms with E-state index in [0.29, 0.717) is 25.8 Å². The van der Waals surface area contributed by atoms with Crippen molar-refractivity contribution in [2.45, 2.75) is 31.8 Å². The Labute approximate surface area is 131 Å². The van der Waals surface area contributed by atoms with Crippen LogP contribution in [0.1, 0.15) is 25.7 Å². The van der Waals surface area contributed by atoms with Crippen LogP contribution >= 0.6 is 0 Å². The lowest BCUT2D eigenvalue weighted by molar-refractivity contribution is -0.116. The summed E-state index contributed by atoms with van der Waals surface area (Å²) in [5.74, 6) is 4.41. The first-order valence-corrected chi connectivity index (χ1v) is 7.10. The second-order valence-electron chi connectivity index (χ2n) is 4.35. The van der Waals surface area contributed by atoms with Gasteiger partial charge in [-0.15, -0.1) is 0 Å². The van der Waals surface area contributed by atoms with Crippen molar-refractivity contribution >= 4 is 18.5 Å². The summed E-state index contributed by atoms with van der Waals surface area (Å²) in [6.45, 7) is 1.28. The van der Waals surface area contributed by atoms with Gasteiger partial charge in [0.25, 0.3) is 0 Å². The summed E-state index contributed by atoms with van der Waals surface area (Å²) in [5, 5.41) is 14.2. The maximum absolute atomic E-state index is 10.9. The van der Waals surface area contributed by atoms with E-state index in [1.165, 1.54) is 6.08 Å². The van der Waals surface area contributed by atoms with Crippen molar-refractivity contribution in [3.63, 3.8) is 0 Å². The lowest BCUT2D eigenvalue weighted by Gasteiger charge is -2.05. The average Bonchev–Trinajstić information content (AvgIpc) is 2.50. The normalized spacial score (nSPS) is 11.4. The summed E-state index contributed by atoms with van der Waals surface area (Å²) in [7, 11) is 1.75. The van der Waals surface area contributed by atoms with Crippen molar-refractivity contribution < 1.29 is 24.3 Å². The number of aliphatic hydroxyl groups excluding tert-OH is 1. The summed E-state index contributed by atoms with van der Waals surface area (Å²) < 4.78 is 0. The van der Waals surface area contributed by atoms with Gasteiger partial charge in [0.2, 0.25) is 5.91 Å². The molecule has 5 N–H and O–H groups in total. The minimum atomic E-state index is -0.495. The zero-order valence-electron chi connectivity index (χ0n) is 13.0. The Morgan fingerprint density at radius 2 is 2.05 bits per heavy atom. The molecule has 1 amide bonds. The highest BCUT2D eigenvalue weighted by Crippen LogP contribution is 1.95. The van der Waals surface area contributed by atoms with Crippen LogP contribution in [-0.2, 0) is 19.2 Å². The SMILES string of the molecule is CNCC(O)CON.O=C/C=C\C(=O)NCCCCCC=O. The fraction of sp³-hybridized carbons (Fsp3) is 0.643. The number of hydrogen-bond acceptors (Lipinski definition) is 7. The molecule has 8 heteroatoms. The third kappa shape index (κ3) is 20.7. The predicted octanol–water partition coefficient (Wildman–Crippen LogP) is -0.926. The highest BCUT2D eigenvalue weighted by molar-refractivity contribution is 5.90. The van der Waals surface area contributed by atoms with E-state index in [0.717, 1.165) is 31.6 Å². The Morgan fingerprint density at radius 3 is 2.59 bits per heavy atom.